The Labute approximate surface area is 252 Å². The second-order valence-electron chi connectivity index (χ2n) is 10.0. The molecule has 0 saturated carbocycles. The molecule has 14 heteroatoms. The summed E-state index contributed by atoms with van der Waals surface area (Å²) < 4.78 is 0. The van der Waals surface area contributed by atoms with Crippen LogP contribution in [-0.4, -0.2) is 78.8 Å². The fourth-order valence-electron chi connectivity index (χ4n) is 4.54. The number of H-pyrrole nitrogens is 2. The third kappa shape index (κ3) is 8.36. The van der Waals surface area contributed by atoms with Gasteiger partial charge in [0.05, 0.1) is 12.4 Å². The Bertz CT molecular complexity index is 1560. The number of thiol groups is 1. The monoisotopic (exact) mass is 607 g/mol. The van der Waals surface area contributed by atoms with Crippen molar-refractivity contribution in [1.82, 2.24) is 30.9 Å². The fraction of sp³-hybridized carbons (Fsp3) is 0.276. The van der Waals surface area contributed by atoms with Crippen molar-refractivity contribution in [2.45, 2.75) is 43.4 Å². The molecule has 3 amide bonds. The number of aliphatic carboxylic acids is 1. The van der Waals surface area contributed by atoms with Crippen LogP contribution in [0.25, 0.3) is 10.9 Å². The van der Waals surface area contributed by atoms with E-state index in [1.165, 1.54) is 24.7 Å². The highest BCUT2D eigenvalue weighted by atomic mass is 32.1. The minimum absolute atomic E-state index is 0.0201. The predicted octanol–water partition coefficient (Wildman–Crippen LogP) is 0.421. The van der Waals surface area contributed by atoms with E-state index >= 15 is 0 Å². The number of phenolic OH excluding ortho intramolecular Hbond substituents is 1. The van der Waals surface area contributed by atoms with Crippen LogP contribution in [0.3, 0.4) is 0 Å². The van der Waals surface area contributed by atoms with Crippen LogP contribution in [0.4, 0.5) is 0 Å². The molecule has 0 bridgehead atoms. The highest BCUT2D eigenvalue weighted by Crippen LogP contribution is 2.19. The standard InChI is InChI=1S/C29H33N7O6S/c30-21(10-17-12-32-22-4-2-1-3-20(17)22)26(38)36-25(14-43)28(40)34-23(11-18-13-31-15-33-18)27(39)35-24(29(41)42)9-16-5-7-19(37)8-6-16/h1-8,12-13,15,21,23-25,32,37,43H,9-11,14,30H2,(H,31,33)(H,34,40)(H,35,39)(H,36,38)(H,41,42). The Balaban J connectivity index is 1.42. The third-order valence-electron chi connectivity index (χ3n) is 6.87. The lowest BCUT2D eigenvalue weighted by molar-refractivity contribution is -0.142. The van der Waals surface area contributed by atoms with Crippen LogP contribution >= 0.6 is 12.6 Å². The number of nitrogens with one attached hydrogen (secondary N) is 5. The number of para-hydroxylation sites is 1. The van der Waals surface area contributed by atoms with E-state index < -0.39 is 47.9 Å². The van der Waals surface area contributed by atoms with Gasteiger partial charge in [-0.2, -0.15) is 12.6 Å². The van der Waals surface area contributed by atoms with Crippen molar-refractivity contribution < 1.29 is 29.4 Å². The topological polar surface area (TPSA) is 215 Å². The number of hydrogen-bond donors (Lipinski definition) is 9. The molecule has 0 radical (unpaired) electrons. The molecule has 2 heterocycles. The van der Waals surface area contributed by atoms with E-state index in [-0.39, 0.29) is 30.8 Å². The number of aromatic amines is 2. The number of imidazole rings is 1. The normalized spacial score (nSPS) is 13.9. The molecule has 0 spiro atoms. The molecule has 4 rings (SSSR count). The van der Waals surface area contributed by atoms with Gasteiger partial charge in [0.15, 0.2) is 0 Å². The van der Waals surface area contributed by atoms with Crippen LogP contribution in [0.5, 0.6) is 5.75 Å². The first-order valence-electron chi connectivity index (χ1n) is 13.4. The van der Waals surface area contributed by atoms with Gasteiger partial charge in [-0.25, -0.2) is 9.78 Å². The molecular weight excluding hydrogens is 574 g/mol. The van der Waals surface area contributed by atoms with E-state index in [1.54, 1.807) is 18.3 Å². The maximum atomic E-state index is 13.3. The maximum absolute atomic E-state index is 13.3. The number of carboxylic acid groups (broad SMARTS) is 1. The summed E-state index contributed by atoms with van der Waals surface area (Å²) in [6.45, 7) is 0. The van der Waals surface area contributed by atoms with Crippen molar-refractivity contribution >= 4 is 47.2 Å². The summed E-state index contributed by atoms with van der Waals surface area (Å²) in [6, 6.07) is 8.89. The fourth-order valence-corrected chi connectivity index (χ4v) is 4.80. The lowest BCUT2D eigenvalue weighted by Crippen LogP contribution is -2.58. The Kier molecular flexibility index (Phi) is 10.4. The number of benzene rings is 2. The van der Waals surface area contributed by atoms with E-state index in [9.17, 15) is 29.4 Å². The second-order valence-corrected chi connectivity index (χ2v) is 10.4. The van der Waals surface area contributed by atoms with Gasteiger partial charge in [-0.15, -0.1) is 0 Å². The van der Waals surface area contributed by atoms with Crippen LogP contribution < -0.4 is 21.7 Å². The molecule has 4 aromatic rings. The Morgan fingerprint density at radius 1 is 0.860 bits per heavy atom. The van der Waals surface area contributed by atoms with E-state index in [0.717, 1.165) is 16.5 Å². The lowest BCUT2D eigenvalue weighted by atomic mass is 10.0. The summed E-state index contributed by atoms with van der Waals surface area (Å²) in [5, 5.41) is 27.9. The summed E-state index contributed by atoms with van der Waals surface area (Å²) in [5.74, 6) is -3.38. The summed E-state index contributed by atoms with van der Waals surface area (Å²) in [4.78, 5) is 61.3. The third-order valence-corrected chi connectivity index (χ3v) is 7.23. The van der Waals surface area contributed by atoms with Crippen molar-refractivity contribution in [2.24, 2.45) is 5.73 Å². The number of nitrogens with zero attached hydrogens (tertiary/aromatic N) is 1. The van der Waals surface area contributed by atoms with Gasteiger partial charge in [0, 0.05) is 47.6 Å². The van der Waals surface area contributed by atoms with E-state index in [1.807, 2.05) is 24.3 Å². The van der Waals surface area contributed by atoms with E-state index in [0.29, 0.717) is 11.3 Å². The zero-order chi connectivity index (χ0) is 30.9. The number of carbonyl (C=O) groups is 4. The molecule has 2 aromatic heterocycles. The first-order chi connectivity index (χ1) is 20.6. The minimum Gasteiger partial charge on any atom is -0.508 e. The van der Waals surface area contributed by atoms with Gasteiger partial charge < -0.3 is 41.9 Å². The number of aromatic hydroxyl groups is 1. The van der Waals surface area contributed by atoms with Gasteiger partial charge >= 0.3 is 5.97 Å². The molecule has 0 saturated heterocycles. The number of carbonyl (C=O) groups excluding carboxylic acids is 3. The minimum atomic E-state index is -1.32. The van der Waals surface area contributed by atoms with Crippen molar-refractivity contribution in [3.63, 3.8) is 0 Å². The van der Waals surface area contributed by atoms with Crippen LogP contribution in [-0.2, 0) is 38.4 Å². The lowest BCUT2D eigenvalue weighted by Gasteiger charge is -2.24. The van der Waals surface area contributed by atoms with E-state index in [2.05, 4.69) is 43.5 Å². The molecule has 2 aromatic carbocycles. The van der Waals surface area contributed by atoms with Gasteiger partial charge in [0.2, 0.25) is 17.7 Å². The van der Waals surface area contributed by atoms with Crippen molar-refractivity contribution in [1.29, 1.82) is 0 Å². The summed E-state index contributed by atoms with van der Waals surface area (Å²) in [7, 11) is 0. The Morgan fingerprint density at radius 2 is 1.53 bits per heavy atom. The smallest absolute Gasteiger partial charge is 0.326 e. The molecule has 0 aliphatic heterocycles. The number of carboxylic acids is 1. The average Bonchev–Trinajstić information content (AvgIpc) is 3.66. The zero-order valence-electron chi connectivity index (χ0n) is 23.0. The molecule has 0 aliphatic carbocycles. The van der Waals surface area contributed by atoms with Crippen molar-refractivity contribution in [2.75, 3.05) is 5.75 Å². The van der Waals surface area contributed by atoms with Gasteiger partial charge in [0.25, 0.3) is 0 Å². The molecule has 43 heavy (non-hydrogen) atoms. The summed E-state index contributed by atoms with van der Waals surface area (Å²) in [6.07, 6.45) is 4.79. The number of rotatable bonds is 14. The molecule has 4 atom stereocenters. The highest BCUT2D eigenvalue weighted by molar-refractivity contribution is 7.80. The Morgan fingerprint density at radius 3 is 2.21 bits per heavy atom. The van der Waals surface area contributed by atoms with Crippen LogP contribution in [0.1, 0.15) is 16.8 Å². The van der Waals surface area contributed by atoms with Crippen molar-refractivity contribution in [3.8, 4) is 5.75 Å². The average molecular weight is 608 g/mol. The van der Waals surface area contributed by atoms with Gasteiger partial charge in [-0.1, -0.05) is 30.3 Å². The molecular formula is C29H33N7O6S. The molecule has 226 valence electrons. The number of aromatic nitrogens is 3. The number of nitrogens with two attached hydrogens (primary N) is 1. The molecule has 0 aliphatic rings. The zero-order valence-corrected chi connectivity index (χ0v) is 23.9. The SMILES string of the molecule is NC(Cc1c[nH]c2ccccc12)C(=O)NC(CS)C(=O)NC(Cc1cnc[nH]1)C(=O)NC(Cc1ccc(O)cc1)C(=O)O. The van der Waals surface area contributed by atoms with Crippen LogP contribution in [0.15, 0.2) is 67.3 Å². The summed E-state index contributed by atoms with van der Waals surface area (Å²) in [5.41, 5.74) is 9.01. The maximum Gasteiger partial charge on any atom is 0.326 e. The predicted molar refractivity (Wildman–Crippen MR) is 161 cm³/mol. The Hall–Kier alpha value is -4.82. The molecule has 13 nitrogen and oxygen atoms in total. The number of phenols is 1. The number of hydrogen-bond acceptors (Lipinski definition) is 8. The molecule has 9 N–H and O–H groups in total. The van der Waals surface area contributed by atoms with Crippen LogP contribution in [0, 0.1) is 0 Å². The second kappa shape index (κ2) is 14.4. The first kappa shape index (κ1) is 31.1. The molecule has 4 unspecified atom stereocenters. The number of fused-ring (bicyclic) bond motifs is 1. The van der Waals surface area contributed by atoms with E-state index in [4.69, 9.17) is 5.73 Å². The van der Waals surface area contributed by atoms with Crippen LogP contribution in [0.2, 0.25) is 0 Å². The van der Waals surface area contributed by atoms with Gasteiger partial charge in [0.1, 0.15) is 23.9 Å². The largest absolute Gasteiger partial charge is 0.508 e. The highest BCUT2D eigenvalue weighted by Gasteiger charge is 2.30. The first-order valence-corrected chi connectivity index (χ1v) is 14.1. The van der Waals surface area contributed by atoms with Gasteiger partial charge in [-0.3, -0.25) is 14.4 Å². The quantitative estimate of drug-likeness (QED) is 0.0914. The number of amides is 3. The van der Waals surface area contributed by atoms with Crippen molar-refractivity contribution in [3.05, 3.63) is 84.1 Å². The summed E-state index contributed by atoms with van der Waals surface area (Å²) >= 11 is 4.21. The molecule has 0 fully saturated rings. The van der Waals surface area contributed by atoms with Gasteiger partial charge in [-0.05, 0) is 35.7 Å².